The summed E-state index contributed by atoms with van der Waals surface area (Å²) in [6.07, 6.45) is 1.10. The summed E-state index contributed by atoms with van der Waals surface area (Å²) in [7, 11) is 0.686. The third kappa shape index (κ3) is 5.65. The highest BCUT2D eigenvalue weighted by Gasteiger charge is 2.34. The maximum atomic E-state index is 13.7. The Morgan fingerprint density at radius 1 is 0.811 bits per heavy atom. The van der Waals surface area contributed by atoms with Gasteiger partial charge >= 0.3 is 0 Å². The highest BCUT2D eigenvalue weighted by molar-refractivity contribution is 7.92. The molecule has 10 heteroatoms. The molecule has 0 atom stereocenters. The van der Waals surface area contributed by atoms with E-state index in [2.05, 4.69) is 4.90 Å². The molecule has 7 nitrogen and oxygen atoms in total. The van der Waals surface area contributed by atoms with Crippen LogP contribution in [0.2, 0.25) is 0 Å². The minimum absolute atomic E-state index is 0.0179. The van der Waals surface area contributed by atoms with Crippen molar-refractivity contribution in [2.75, 3.05) is 38.7 Å². The van der Waals surface area contributed by atoms with Gasteiger partial charge in [-0.3, -0.25) is 9.21 Å². The molecule has 1 saturated heterocycles. The van der Waals surface area contributed by atoms with Crippen molar-refractivity contribution < 1.29 is 31.4 Å². The first kappa shape index (κ1) is 26.7. The van der Waals surface area contributed by atoms with Crippen LogP contribution in [0.15, 0.2) is 65.6 Å². The summed E-state index contributed by atoms with van der Waals surface area (Å²) >= 11 is 0. The number of benzene rings is 3. The number of nitrogens with zero attached hydrogens (tertiary/aromatic N) is 2. The van der Waals surface area contributed by atoms with Gasteiger partial charge in [-0.15, -0.1) is 0 Å². The molecule has 3 aromatic rings. The van der Waals surface area contributed by atoms with Crippen LogP contribution in [0.25, 0.3) is 0 Å². The van der Waals surface area contributed by atoms with Crippen molar-refractivity contribution in [3.8, 4) is 17.2 Å². The molecule has 1 aliphatic heterocycles. The largest absolute Gasteiger partial charge is 0.493 e. The molecule has 0 amide bonds. The molecule has 0 N–H and O–H groups in total. The molecule has 0 spiro atoms. The van der Waals surface area contributed by atoms with Gasteiger partial charge in [-0.05, 0) is 67.4 Å². The molecule has 4 rings (SSSR count). The molecule has 3 aromatic carbocycles. The average Bonchev–Trinajstić information content (AvgIpc) is 2.90. The third-order valence-electron chi connectivity index (χ3n) is 6.52. The first-order valence-electron chi connectivity index (χ1n) is 11.8. The van der Waals surface area contributed by atoms with Crippen LogP contribution in [0.5, 0.6) is 17.2 Å². The Hall–Kier alpha value is -3.37. The van der Waals surface area contributed by atoms with Crippen molar-refractivity contribution >= 4 is 15.7 Å². The highest BCUT2D eigenvalue weighted by atomic mass is 32.2. The third-order valence-corrected chi connectivity index (χ3v) is 8.41. The van der Waals surface area contributed by atoms with E-state index in [4.69, 9.17) is 14.2 Å². The van der Waals surface area contributed by atoms with Gasteiger partial charge in [0.25, 0.3) is 10.0 Å². The van der Waals surface area contributed by atoms with Gasteiger partial charge in [0.05, 0.1) is 31.9 Å². The number of anilines is 1. The lowest BCUT2D eigenvalue weighted by Gasteiger charge is -2.39. The molecule has 0 aliphatic carbocycles. The number of piperidine rings is 1. The maximum Gasteiger partial charge on any atom is 0.264 e. The summed E-state index contributed by atoms with van der Waals surface area (Å²) in [6.45, 7) is 1.83. The van der Waals surface area contributed by atoms with Crippen LogP contribution < -0.4 is 18.5 Å². The zero-order valence-corrected chi connectivity index (χ0v) is 21.8. The van der Waals surface area contributed by atoms with Crippen LogP contribution in [-0.4, -0.2) is 53.8 Å². The van der Waals surface area contributed by atoms with Crippen LogP contribution >= 0.6 is 0 Å². The molecular formula is C27H30F2N2O5S. The Morgan fingerprint density at radius 3 is 1.92 bits per heavy atom. The Kier molecular flexibility index (Phi) is 8.19. The number of halogens is 2. The van der Waals surface area contributed by atoms with E-state index in [0.717, 1.165) is 17.7 Å². The van der Waals surface area contributed by atoms with E-state index in [0.29, 0.717) is 55.4 Å². The second-order valence-electron chi connectivity index (χ2n) is 8.73. The number of likely N-dealkylation sites (tertiary alicyclic amines) is 1. The van der Waals surface area contributed by atoms with E-state index in [1.807, 2.05) is 12.1 Å². The van der Waals surface area contributed by atoms with Crippen LogP contribution in [-0.2, 0) is 16.6 Å². The molecule has 0 unspecified atom stereocenters. The van der Waals surface area contributed by atoms with Crippen molar-refractivity contribution in [1.82, 2.24) is 4.90 Å². The predicted octanol–water partition coefficient (Wildman–Crippen LogP) is 4.85. The number of methoxy groups -OCH3 is 3. The molecule has 198 valence electrons. The summed E-state index contributed by atoms with van der Waals surface area (Å²) in [5, 5.41) is 0. The SMILES string of the molecule is COc1ccc(CN2CCC(N(c3ccc(F)cc3)S(=O)(=O)c3ccc(F)cc3)CC2)c(OC)c1OC. The monoisotopic (exact) mass is 532 g/mol. The minimum atomic E-state index is -4.01. The molecule has 1 heterocycles. The Morgan fingerprint density at radius 2 is 1.38 bits per heavy atom. The number of hydrogen-bond acceptors (Lipinski definition) is 6. The first-order chi connectivity index (χ1) is 17.8. The number of hydrogen-bond donors (Lipinski definition) is 0. The summed E-state index contributed by atoms with van der Waals surface area (Å²) in [4.78, 5) is 2.20. The molecule has 37 heavy (non-hydrogen) atoms. The standard InChI is InChI=1S/C27H30F2N2O5S/c1-34-25-13-4-19(26(35-2)27(25)36-3)18-30-16-14-23(15-17-30)31(22-9-5-20(28)6-10-22)37(32,33)24-11-7-21(29)8-12-24/h4-13,23H,14-18H2,1-3H3. The topological polar surface area (TPSA) is 68.3 Å². The van der Waals surface area contributed by atoms with Crippen molar-refractivity contribution in [3.05, 3.63) is 77.9 Å². The van der Waals surface area contributed by atoms with E-state index < -0.39 is 21.7 Å². The van der Waals surface area contributed by atoms with Gasteiger partial charge in [0.15, 0.2) is 11.5 Å². The number of ether oxygens (including phenoxy) is 3. The molecule has 1 fully saturated rings. The van der Waals surface area contributed by atoms with Crippen LogP contribution in [0.1, 0.15) is 18.4 Å². The summed E-state index contributed by atoms with van der Waals surface area (Å²) in [6, 6.07) is 13.5. The van der Waals surface area contributed by atoms with Gasteiger partial charge in [0.1, 0.15) is 11.6 Å². The van der Waals surface area contributed by atoms with Crippen LogP contribution in [0, 0.1) is 11.6 Å². The fraction of sp³-hybridized carbons (Fsp3) is 0.333. The Labute approximate surface area is 216 Å². The minimum Gasteiger partial charge on any atom is -0.493 e. The van der Waals surface area contributed by atoms with Crippen LogP contribution in [0.3, 0.4) is 0 Å². The van der Waals surface area contributed by atoms with E-state index in [1.165, 1.54) is 40.7 Å². The molecule has 0 aromatic heterocycles. The van der Waals surface area contributed by atoms with Gasteiger partial charge < -0.3 is 14.2 Å². The van der Waals surface area contributed by atoms with Gasteiger partial charge in [0, 0.05) is 31.2 Å². The fourth-order valence-corrected chi connectivity index (χ4v) is 6.40. The Balaban J connectivity index is 1.57. The van der Waals surface area contributed by atoms with Crippen molar-refractivity contribution in [2.45, 2.75) is 30.3 Å². The van der Waals surface area contributed by atoms with E-state index in [-0.39, 0.29) is 10.9 Å². The normalized spacial score (nSPS) is 14.8. The van der Waals surface area contributed by atoms with Gasteiger partial charge in [-0.25, -0.2) is 17.2 Å². The Bertz CT molecular complexity index is 1310. The number of sulfonamides is 1. The smallest absolute Gasteiger partial charge is 0.264 e. The average molecular weight is 533 g/mol. The molecule has 1 aliphatic rings. The van der Waals surface area contributed by atoms with Gasteiger partial charge in [0.2, 0.25) is 5.75 Å². The lowest BCUT2D eigenvalue weighted by atomic mass is 10.0. The molecule has 0 radical (unpaired) electrons. The highest BCUT2D eigenvalue weighted by Crippen LogP contribution is 2.40. The zero-order chi connectivity index (χ0) is 26.6. The lowest BCUT2D eigenvalue weighted by Crippen LogP contribution is -2.47. The summed E-state index contributed by atoms with van der Waals surface area (Å²) in [5.74, 6) is 0.705. The first-order valence-corrected chi connectivity index (χ1v) is 13.3. The summed E-state index contributed by atoms with van der Waals surface area (Å²) in [5.41, 5.74) is 1.29. The van der Waals surface area contributed by atoms with Crippen LogP contribution in [0.4, 0.5) is 14.5 Å². The van der Waals surface area contributed by atoms with E-state index in [9.17, 15) is 17.2 Å². The maximum absolute atomic E-state index is 13.7. The summed E-state index contributed by atoms with van der Waals surface area (Å²) < 4.78 is 72.3. The van der Waals surface area contributed by atoms with Gasteiger partial charge in [-0.1, -0.05) is 6.07 Å². The van der Waals surface area contributed by atoms with Crippen molar-refractivity contribution in [1.29, 1.82) is 0 Å². The lowest BCUT2D eigenvalue weighted by molar-refractivity contribution is 0.203. The number of rotatable bonds is 9. The molecule has 0 bridgehead atoms. The van der Waals surface area contributed by atoms with E-state index >= 15 is 0 Å². The molecule has 0 saturated carbocycles. The van der Waals surface area contributed by atoms with Crippen molar-refractivity contribution in [3.63, 3.8) is 0 Å². The van der Waals surface area contributed by atoms with Gasteiger partial charge in [-0.2, -0.15) is 0 Å². The quantitative estimate of drug-likeness (QED) is 0.393. The fourth-order valence-electron chi connectivity index (χ4n) is 4.69. The predicted molar refractivity (Wildman–Crippen MR) is 137 cm³/mol. The second kappa shape index (κ2) is 11.4. The van der Waals surface area contributed by atoms with Crippen molar-refractivity contribution in [2.24, 2.45) is 0 Å². The second-order valence-corrected chi connectivity index (χ2v) is 10.5. The zero-order valence-electron chi connectivity index (χ0n) is 21.0. The molecular weight excluding hydrogens is 502 g/mol. The van der Waals surface area contributed by atoms with E-state index in [1.54, 1.807) is 21.3 Å².